The third-order valence-electron chi connectivity index (χ3n) is 4.72. The van der Waals surface area contributed by atoms with Crippen LogP contribution in [0.1, 0.15) is 31.1 Å². The van der Waals surface area contributed by atoms with Crippen LogP contribution in [0.4, 0.5) is 4.39 Å². The van der Waals surface area contributed by atoms with Gasteiger partial charge in [-0.3, -0.25) is 4.79 Å². The Morgan fingerprint density at radius 3 is 2.48 bits per heavy atom. The van der Waals surface area contributed by atoms with Crippen molar-refractivity contribution in [2.45, 2.75) is 26.4 Å². The minimum Gasteiger partial charge on any atom is -0.490 e. The van der Waals surface area contributed by atoms with Crippen molar-refractivity contribution in [3.63, 3.8) is 0 Å². The van der Waals surface area contributed by atoms with E-state index in [9.17, 15) is 9.18 Å². The van der Waals surface area contributed by atoms with Gasteiger partial charge in [0.2, 0.25) is 5.91 Å². The number of carbonyl (C=O) groups excluding carboxylic acids is 1. The van der Waals surface area contributed by atoms with E-state index in [-0.39, 0.29) is 24.2 Å². The highest BCUT2D eigenvalue weighted by molar-refractivity contribution is 9.10. The van der Waals surface area contributed by atoms with Crippen molar-refractivity contribution in [1.29, 1.82) is 0 Å². The minimum absolute atomic E-state index is 0.00715. The summed E-state index contributed by atoms with van der Waals surface area (Å²) in [6, 6.07) is 9.92. The first-order chi connectivity index (χ1) is 14.0. The van der Waals surface area contributed by atoms with Gasteiger partial charge >= 0.3 is 0 Å². The molecule has 1 unspecified atom stereocenters. The van der Waals surface area contributed by atoms with Gasteiger partial charge in [-0.15, -0.1) is 0 Å². The highest BCUT2D eigenvalue weighted by Crippen LogP contribution is 2.34. The van der Waals surface area contributed by atoms with Crippen LogP contribution in [0.3, 0.4) is 0 Å². The maximum Gasteiger partial charge on any atom is 0.227 e. The average Bonchev–Trinajstić information content (AvgIpc) is 2.72. The van der Waals surface area contributed by atoms with Crippen molar-refractivity contribution in [2.75, 3.05) is 32.9 Å². The normalized spacial score (nSPS) is 16.6. The fourth-order valence-electron chi connectivity index (χ4n) is 3.28. The molecule has 1 aliphatic rings. The molecule has 0 saturated carbocycles. The van der Waals surface area contributed by atoms with Gasteiger partial charge in [-0.05, 0) is 49.2 Å². The van der Waals surface area contributed by atoms with E-state index in [0.29, 0.717) is 44.4 Å². The predicted molar refractivity (Wildman–Crippen MR) is 112 cm³/mol. The second-order valence-electron chi connectivity index (χ2n) is 6.68. The smallest absolute Gasteiger partial charge is 0.227 e. The Kier molecular flexibility index (Phi) is 7.50. The van der Waals surface area contributed by atoms with Crippen molar-refractivity contribution in [1.82, 2.24) is 4.90 Å². The summed E-state index contributed by atoms with van der Waals surface area (Å²) in [5, 5.41) is 0. The largest absolute Gasteiger partial charge is 0.490 e. The van der Waals surface area contributed by atoms with Gasteiger partial charge in [-0.1, -0.05) is 28.1 Å². The van der Waals surface area contributed by atoms with Gasteiger partial charge in [0, 0.05) is 11.0 Å². The SMILES string of the molecule is CCOc1cc(Br)c(CC(=O)N2CCOC(c3ccc(F)cc3)C2)cc1OCC. The first-order valence-electron chi connectivity index (χ1n) is 9.74. The highest BCUT2D eigenvalue weighted by atomic mass is 79.9. The molecule has 1 amide bonds. The topological polar surface area (TPSA) is 48.0 Å². The van der Waals surface area contributed by atoms with E-state index in [4.69, 9.17) is 14.2 Å². The molecule has 0 N–H and O–H groups in total. The van der Waals surface area contributed by atoms with Crippen molar-refractivity contribution in [3.05, 3.63) is 57.8 Å². The van der Waals surface area contributed by atoms with Crippen LogP contribution >= 0.6 is 15.9 Å². The highest BCUT2D eigenvalue weighted by Gasteiger charge is 2.26. The summed E-state index contributed by atoms with van der Waals surface area (Å²) in [7, 11) is 0. The van der Waals surface area contributed by atoms with E-state index in [1.54, 1.807) is 17.0 Å². The van der Waals surface area contributed by atoms with E-state index < -0.39 is 0 Å². The Labute approximate surface area is 178 Å². The molecule has 0 bridgehead atoms. The Hall–Kier alpha value is -2.12. The third kappa shape index (κ3) is 5.48. The number of rotatable bonds is 7. The van der Waals surface area contributed by atoms with Gasteiger partial charge < -0.3 is 19.1 Å². The minimum atomic E-state index is -0.289. The van der Waals surface area contributed by atoms with Gasteiger partial charge in [-0.2, -0.15) is 0 Å². The summed E-state index contributed by atoms with van der Waals surface area (Å²) in [6.07, 6.45) is -0.0144. The van der Waals surface area contributed by atoms with Crippen LogP contribution in [-0.2, 0) is 16.0 Å². The van der Waals surface area contributed by atoms with Gasteiger partial charge in [0.15, 0.2) is 11.5 Å². The first-order valence-corrected chi connectivity index (χ1v) is 10.5. The molecule has 0 aliphatic carbocycles. The lowest BCUT2D eigenvalue weighted by Crippen LogP contribution is -2.43. The standard InChI is InChI=1S/C22H25BrFNO4/c1-3-27-19-11-16(18(23)13-20(19)28-4-2)12-22(26)25-9-10-29-21(14-25)15-5-7-17(24)8-6-15/h5-8,11,13,21H,3-4,9-10,12,14H2,1-2H3. The summed E-state index contributed by atoms with van der Waals surface area (Å²) < 4.78 is 31.1. The molecule has 1 fully saturated rings. The van der Waals surface area contributed by atoms with Crippen LogP contribution in [-0.4, -0.2) is 43.7 Å². The fourth-order valence-corrected chi connectivity index (χ4v) is 3.74. The molecule has 156 valence electrons. The Morgan fingerprint density at radius 2 is 1.83 bits per heavy atom. The Balaban J connectivity index is 1.72. The number of nitrogens with zero attached hydrogens (tertiary/aromatic N) is 1. The van der Waals surface area contributed by atoms with Crippen LogP contribution < -0.4 is 9.47 Å². The van der Waals surface area contributed by atoms with E-state index in [1.807, 2.05) is 26.0 Å². The molecule has 0 radical (unpaired) electrons. The molecule has 7 heteroatoms. The van der Waals surface area contributed by atoms with Crippen LogP contribution in [0, 0.1) is 5.82 Å². The van der Waals surface area contributed by atoms with E-state index >= 15 is 0 Å². The summed E-state index contributed by atoms with van der Waals surface area (Å²) in [6.45, 7) is 6.29. The molecule has 5 nitrogen and oxygen atoms in total. The second-order valence-corrected chi connectivity index (χ2v) is 7.54. The summed E-state index contributed by atoms with van der Waals surface area (Å²) >= 11 is 3.54. The zero-order valence-corrected chi connectivity index (χ0v) is 18.2. The molecule has 3 rings (SSSR count). The number of ether oxygens (including phenoxy) is 3. The number of halogens is 2. The number of carbonyl (C=O) groups is 1. The summed E-state index contributed by atoms with van der Waals surface area (Å²) in [4.78, 5) is 14.7. The Bertz CT molecular complexity index is 843. The summed E-state index contributed by atoms with van der Waals surface area (Å²) in [5.74, 6) is 1.00. The van der Waals surface area contributed by atoms with E-state index in [1.165, 1.54) is 12.1 Å². The predicted octanol–water partition coefficient (Wildman–Crippen LogP) is 4.53. The monoisotopic (exact) mass is 465 g/mol. The average molecular weight is 466 g/mol. The fraction of sp³-hybridized carbons (Fsp3) is 0.409. The lowest BCUT2D eigenvalue weighted by Gasteiger charge is -2.33. The zero-order valence-electron chi connectivity index (χ0n) is 16.6. The molecule has 2 aromatic rings. The maximum atomic E-state index is 13.2. The molecule has 1 atom stereocenters. The molecule has 29 heavy (non-hydrogen) atoms. The zero-order chi connectivity index (χ0) is 20.8. The van der Waals surface area contributed by atoms with Crippen LogP contribution in [0.2, 0.25) is 0 Å². The maximum absolute atomic E-state index is 13.2. The number of hydrogen-bond donors (Lipinski definition) is 0. The number of benzene rings is 2. The quantitative estimate of drug-likeness (QED) is 0.602. The number of amides is 1. The first kappa shape index (κ1) is 21.6. The molecule has 1 heterocycles. The van der Waals surface area contributed by atoms with Crippen LogP contribution in [0.25, 0.3) is 0 Å². The lowest BCUT2D eigenvalue weighted by molar-refractivity contribution is -0.138. The molecule has 0 aromatic heterocycles. The van der Waals surface area contributed by atoms with E-state index in [2.05, 4.69) is 15.9 Å². The molecular weight excluding hydrogens is 441 g/mol. The van der Waals surface area contributed by atoms with Gasteiger partial charge in [0.1, 0.15) is 11.9 Å². The molecule has 1 aliphatic heterocycles. The third-order valence-corrected chi connectivity index (χ3v) is 5.45. The van der Waals surface area contributed by atoms with Crippen molar-refractivity contribution < 1.29 is 23.4 Å². The Morgan fingerprint density at radius 1 is 1.17 bits per heavy atom. The van der Waals surface area contributed by atoms with Gasteiger partial charge in [-0.25, -0.2) is 4.39 Å². The second kappa shape index (κ2) is 10.1. The van der Waals surface area contributed by atoms with Crippen LogP contribution in [0.15, 0.2) is 40.9 Å². The molecular formula is C22H25BrFNO4. The van der Waals surface area contributed by atoms with Crippen molar-refractivity contribution >= 4 is 21.8 Å². The molecule has 2 aromatic carbocycles. The number of morpholine rings is 1. The van der Waals surface area contributed by atoms with Gasteiger partial charge in [0.05, 0.1) is 32.8 Å². The van der Waals surface area contributed by atoms with Crippen molar-refractivity contribution in [3.8, 4) is 11.5 Å². The van der Waals surface area contributed by atoms with E-state index in [0.717, 1.165) is 15.6 Å². The van der Waals surface area contributed by atoms with Crippen molar-refractivity contribution in [2.24, 2.45) is 0 Å². The lowest BCUT2D eigenvalue weighted by atomic mass is 10.1. The van der Waals surface area contributed by atoms with Crippen LogP contribution in [0.5, 0.6) is 11.5 Å². The molecule has 1 saturated heterocycles. The summed E-state index contributed by atoms with van der Waals surface area (Å²) in [5.41, 5.74) is 1.71. The molecule has 0 spiro atoms. The number of hydrogen-bond acceptors (Lipinski definition) is 4. The van der Waals surface area contributed by atoms with Gasteiger partial charge in [0.25, 0.3) is 0 Å².